The molecular weight excluding hydrogens is 230 g/mol. The molecule has 98 valence electrons. The number of carbonyl (C=O) groups is 1. The summed E-state index contributed by atoms with van der Waals surface area (Å²) >= 11 is 0. The SMILES string of the molecule is C[C@@H]1CN(C(=O)OCc2ccccc2)[C@H](C)CO1. The highest BCUT2D eigenvalue weighted by Gasteiger charge is 2.28. The molecule has 4 nitrogen and oxygen atoms in total. The standard InChI is InChI=1S/C14H19NO3/c1-11-9-17-12(2)8-15(11)14(16)18-10-13-6-4-3-5-7-13/h3-7,11-12H,8-10H2,1-2H3/t11-,12-/m1/s1. The van der Waals surface area contributed by atoms with E-state index in [4.69, 9.17) is 9.47 Å². The second kappa shape index (κ2) is 5.87. The fourth-order valence-electron chi connectivity index (χ4n) is 1.96. The predicted molar refractivity (Wildman–Crippen MR) is 68.2 cm³/mol. The van der Waals surface area contributed by atoms with Gasteiger partial charge in [-0.25, -0.2) is 4.79 Å². The minimum atomic E-state index is -0.262. The van der Waals surface area contributed by atoms with Gasteiger partial charge in [0.15, 0.2) is 0 Å². The third-order valence-corrected chi connectivity index (χ3v) is 3.05. The number of hydrogen-bond acceptors (Lipinski definition) is 3. The van der Waals surface area contributed by atoms with Crippen LogP contribution in [0, 0.1) is 0 Å². The van der Waals surface area contributed by atoms with Gasteiger partial charge in [0.25, 0.3) is 0 Å². The lowest BCUT2D eigenvalue weighted by atomic mass is 10.2. The number of benzene rings is 1. The van der Waals surface area contributed by atoms with Gasteiger partial charge in [-0.3, -0.25) is 0 Å². The molecule has 2 atom stereocenters. The van der Waals surface area contributed by atoms with Crippen molar-refractivity contribution in [3.63, 3.8) is 0 Å². The lowest BCUT2D eigenvalue weighted by molar-refractivity contribution is -0.0464. The largest absolute Gasteiger partial charge is 0.445 e. The molecule has 0 saturated carbocycles. The summed E-state index contributed by atoms with van der Waals surface area (Å²) < 4.78 is 10.8. The van der Waals surface area contributed by atoms with Gasteiger partial charge in [-0.2, -0.15) is 0 Å². The van der Waals surface area contributed by atoms with E-state index in [9.17, 15) is 4.79 Å². The van der Waals surface area contributed by atoms with Crippen molar-refractivity contribution >= 4 is 6.09 Å². The lowest BCUT2D eigenvalue weighted by Crippen LogP contribution is -2.50. The quantitative estimate of drug-likeness (QED) is 0.808. The Morgan fingerprint density at radius 2 is 2.11 bits per heavy atom. The fourth-order valence-corrected chi connectivity index (χ4v) is 1.96. The fraction of sp³-hybridized carbons (Fsp3) is 0.500. The van der Waals surface area contributed by atoms with E-state index in [0.29, 0.717) is 19.8 Å². The average molecular weight is 249 g/mol. The molecule has 4 heteroatoms. The first-order chi connectivity index (χ1) is 8.66. The van der Waals surface area contributed by atoms with Crippen LogP contribution >= 0.6 is 0 Å². The number of ether oxygens (including phenoxy) is 2. The van der Waals surface area contributed by atoms with Crippen LogP contribution in [-0.4, -0.2) is 36.3 Å². The number of rotatable bonds is 2. The number of hydrogen-bond donors (Lipinski definition) is 0. The number of morpholine rings is 1. The van der Waals surface area contributed by atoms with Gasteiger partial charge in [-0.15, -0.1) is 0 Å². The Hall–Kier alpha value is -1.55. The summed E-state index contributed by atoms with van der Waals surface area (Å²) in [5.74, 6) is 0. The van der Waals surface area contributed by atoms with Gasteiger partial charge < -0.3 is 14.4 Å². The molecular formula is C14H19NO3. The molecule has 1 aliphatic heterocycles. The lowest BCUT2D eigenvalue weighted by Gasteiger charge is -2.35. The van der Waals surface area contributed by atoms with Crippen LogP contribution in [0.5, 0.6) is 0 Å². The zero-order chi connectivity index (χ0) is 13.0. The molecule has 1 saturated heterocycles. The number of nitrogens with zero attached hydrogens (tertiary/aromatic N) is 1. The Morgan fingerprint density at radius 1 is 1.39 bits per heavy atom. The summed E-state index contributed by atoms with van der Waals surface area (Å²) in [6.07, 6.45) is -0.188. The maximum absolute atomic E-state index is 12.0. The van der Waals surface area contributed by atoms with E-state index in [-0.39, 0.29) is 18.2 Å². The van der Waals surface area contributed by atoms with E-state index in [1.807, 2.05) is 44.2 Å². The second-order valence-electron chi connectivity index (χ2n) is 4.69. The summed E-state index contributed by atoms with van der Waals surface area (Å²) in [5, 5.41) is 0. The van der Waals surface area contributed by atoms with E-state index >= 15 is 0 Å². The van der Waals surface area contributed by atoms with E-state index in [1.165, 1.54) is 0 Å². The Kier molecular flexibility index (Phi) is 4.20. The summed E-state index contributed by atoms with van der Waals surface area (Å²) in [4.78, 5) is 13.7. The van der Waals surface area contributed by atoms with Crippen molar-refractivity contribution in [1.29, 1.82) is 0 Å². The topological polar surface area (TPSA) is 38.8 Å². The van der Waals surface area contributed by atoms with Crippen LogP contribution in [0.15, 0.2) is 30.3 Å². The van der Waals surface area contributed by atoms with Gasteiger partial charge in [0.05, 0.1) is 25.3 Å². The van der Waals surface area contributed by atoms with Crippen LogP contribution in [0.2, 0.25) is 0 Å². The van der Waals surface area contributed by atoms with Crippen LogP contribution in [0.1, 0.15) is 19.4 Å². The summed E-state index contributed by atoms with van der Waals surface area (Å²) in [5.41, 5.74) is 1.000. The highest BCUT2D eigenvalue weighted by atomic mass is 16.6. The Labute approximate surface area is 107 Å². The van der Waals surface area contributed by atoms with Crippen LogP contribution in [0.25, 0.3) is 0 Å². The minimum absolute atomic E-state index is 0.0736. The molecule has 0 N–H and O–H groups in total. The minimum Gasteiger partial charge on any atom is -0.445 e. The van der Waals surface area contributed by atoms with Crippen LogP contribution in [0.3, 0.4) is 0 Å². The van der Waals surface area contributed by atoms with Crippen molar-refractivity contribution in [3.8, 4) is 0 Å². The highest BCUT2D eigenvalue weighted by molar-refractivity contribution is 5.68. The Bertz CT molecular complexity index is 393. The van der Waals surface area contributed by atoms with E-state index in [2.05, 4.69) is 0 Å². The molecule has 1 heterocycles. The molecule has 0 bridgehead atoms. The second-order valence-corrected chi connectivity index (χ2v) is 4.69. The summed E-state index contributed by atoms with van der Waals surface area (Å²) in [6, 6.07) is 9.77. The maximum atomic E-state index is 12.0. The van der Waals surface area contributed by atoms with Crippen molar-refractivity contribution < 1.29 is 14.3 Å². The molecule has 2 rings (SSSR count). The van der Waals surface area contributed by atoms with Crippen molar-refractivity contribution in [1.82, 2.24) is 4.90 Å². The van der Waals surface area contributed by atoms with E-state index in [0.717, 1.165) is 5.56 Å². The first-order valence-electron chi connectivity index (χ1n) is 6.25. The van der Waals surface area contributed by atoms with Crippen molar-refractivity contribution in [2.45, 2.75) is 32.6 Å². The van der Waals surface area contributed by atoms with E-state index < -0.39 is 0 Å². The zero-order valence-corrected chi connectivity index (χ0v) is 10.8. The summed E-state index contributed by atoms with van der Waals surface area (Å²) in [6.45, 7) is 5.41. The molecule has 1 aromatic carbocycles. The van der Waals surface area contributed by atoms with Gasteiger partial charge in [0.1, 0.15) is 6.61 Å². The summed E-state index contributed by atoms with van der Waals surface area (Å²) in [7, 11) is 0. The molecule has 0 aliphatic carbocycles. The van der Waals surface area contributed by atoms with Crippen LogP contribution in [-0.2, 0) is 16.1 Å². The van der Waals surface area contributed by atoms with Gasteiger partial charge in [0.2, 0.25) is 0 Å². The molecule has 0 radical (unpaired) electrons. The van der Waals surface area contributed by atoms with Gasteiger partial charge in [-0.1, -0.05) is 30.3 Å². The molecule has 18 heavy (non-hydrogen) atoms. The van der Waals surface area contributed by atoms with Gasteiger partial charge in [-0.05, 0) is 19.4 Å². The number of amides is 1. The maximum Gasteiger partial charge on any atom is 0.410 e. The first-order valence-corrected chi connectivity index (χ1v) is 6.25. The normalized spacial score (nSPS) is 23.8. The van der Waals surface area contributed by atoms with Crippen molar-refractivity contribution in [2.75, 3.05) is 13.2 Å². The molecule has 1 aliphatic rings. The Balaban J connectivity index is 1.87. The van der Waals surface area contributed by atoms with E-state index in [1.54, 1.807) is 4.90 Å². The monoisotopic (exact) mass is 249 g/mol. The average Bonchev–Trinajstić information content (AvgIpc) is 2.40. The molecule has 0 unspecified atom stereocenters. The predicted octanol–water partition coefficient (Wildman–Crippen LogP) is 2.43. The van der Waals surface area contributed by atoms with Gasteiger partial charge in [0, 0.05) is 0 Å². The molecule has 1 aromatic rings. The smallest absolute Gasteiger partial charge is 0.410 e. The van der Waals surface area contributed by atoms with Gasteiger partial charge >= 0.3 is 6.09 Å². The molecule has 0 aromatic heterocycles. The number of carbonyl (C=O) groups excluding carboxylic acids is 1. The Morgan fingerprint density at radius 3 is 2.83 bits per heavy atom. The van der Waals surface area contributed by atoms with Crippen LogP contribution in [0.4, 0.5) is 4.79 Å². The molecule has 1 amide bonds. The van der Waals surface area contributed by atoms with Crippen molar-refractivity contribution in [2.24, 2.45) is 0 Å². The molecule has 0 spiro atoms. The third-order valence-electron chi connectivity index (χ3n) is 3.05. The third kappa shape index (κ3) is 3.23. The van der Waals surface area contributed by atoms with Crippen LogP contribution < -0.4 is 0 Å². The zero-order valence-electron chi connectivity index (χ0n) is 10.8. The van der Waals surface area contributed by atoms with Crippen molar-refractivity contribution in [3.05, 3.63) is 35.9 Å². The first kappa shape index (κ1) is 12.9. The molecule has 1 fully saturated rings. The highest BCUT2D eigenvalue weighted by Crippen LogP contribution is 2.13.